The first-order chi connectivity index (χ1) is 8.02. The van der Waals surface area contributed by atoms with Gasteiger partial charge >= 0.3 is 5.97 Å². The van der Waals surface area contributed by atoms with Gasteiger partial charge in [-0.25, -0.2) is 4.79 Å². The minimum Gasteiger partial charge on any atom is -0.477 e. The molecular weight excluding hydrogens is 333 g/mol. The fraction of sp³-hybridized carbons (Fsp3) is 0. The second kappa shape index (κ2) is 4.68. The normalized spacial score (nSPS) is 10.5. The van der Waals surface area contributed by atoms with Gasteiger partial charge < -0.3 is 9.63 Å². The van der Waals surface area contributed by atoms with Crippen LogP contribution in [0.25, 0.3) is 11.3 Å². The molecule has 0 saturated heterocycles. The molecule has 1 aromatic heterocycles. The van der Waals surface area contributed by atoms with Crippen molar-refractivity contribution in [3.63, 3.8) is 0 Å². The van der Waals surface area contributed by atoms with Crippen LogP contribution in [0.15, 0.2) is 27.4 Å². The summed E-state index contributed by atoms with van der Waals surface area (Å²) in [7, 11) is 0. The first-order valence-corrected chi connectivity index (χ1v) is 5.90. The van der Waals surface area contributed by atoms with Gasteiger partial charge in [0.1, 0.15) is 11.3 Å². The zero-order chi connectivity index (χ0) is 12.6. The van der Waals surface area contributed by atoms with Crippen LogP contribution in [0.2, 0.25) is 10.0 Å². The molecule has 0 unspecified atom stereocenters. The van der Waals surface area contributed by atoms with Gasteiger partial charge in [0.05, 0.1) is 10.0 Å². The van der Waals surface area contributed by atoms with Crippen LogP contribution in [-0.2, 0) is 0 Å². The molecule has 0 saturated carbocycles. The maximum atomic E-state index is 11.1. The van der Waals surface area contributed by atoms with Crippen molar-refractivity contribution in [2.24, 2.45) is 0 Å². The molecule has 17 heavy (non-hydrogen) atoms. The first kappa shape index (κ1) is 12.4. The number of nitrogens with zero attached hydrogens (tertiary/aromatic N) is 1. The highest BCUT2D eigenvalue weighted by molar-refractivity contribution is 9.10. The number of rotatable bonds is 2. The number of carbonyl (C=O) groups is 1. The maximum Gasteiger partial charge on any atom is 0.342 e. The van der Waals surface area contributed by atoms with E-state index in [1.807, 2.05) is 0 Å². The Morgan fingerprint density at radius 1 is 1.35 bits per heavy atom. The molecule has 0 amide bonds. The van der Waals surface area contributed by atoms with Gasteiger partial charge in [0.25, 0.3) is 0 Å². The van der Waals surface area contributed by atoms with Crippen LogP contribution in [0, 0.1) is 0 Å². The van der Waals surface area contributed by atoms with Crippen LogP contribution in [0.1, 0.15) is 10.4 Å². The van der Waals surface area contributed by atoms with Crippen LogP contribution in [0.4, 0.5) is 0 Å². The molecule has 0 aliphatic rings. The quantitative estimate of drug-likeness (QED) is 0.896. The van der Waals surface area contributed by atoms with Crippen LogP contribution in [0.5, 0.6) is 0 Å². The summed E-state index contributed by atoms with van der Waals surface area (Å²) in [5, 5.41) is 13.3. The average molecular weight is 337 g/mol. The number of carboxylic acids is 1. The third kappa shape index (κ3) is 2.18. The van der Waals surface area contributed by atoms with E-state index in [9.17, 15) is 4.79 Å². The molecule has 4 nitrogen and oxygen atoms in total. The number of hydrogen-bond acceptors (Lipinski definition) is 3. The van der Waals surface area contributed by atoms with Crippen LogP contribution >= 0.6 is 39.1 Å². The van der Waals surface area contributed by atoms with Gasteiger partial charge in [-0.2, -0.15) is 0 Å². The standard InChI is InChI=1S/C10H4BrCl2NO3/c11-9-7(10(15)16)8(14-17-9)6-4(12)2-1-3-5(6)13/h1-3H,(H,15,16). The van der Waals surface area contributed by atoms with Crippen molar-refractivity contribution in [2.45, 2.75) is 0 Å². The zero-order valence-corrected chi connectivity index (χ0v) is 11.2. The number of aromatic carboxylic acids is 1. The SMILES string of the molecule is O=C(O)c1c(-c2c(Cl)cccc2Cl)noc1Br. The lowest BCUT2D eigenvalue weighted by Gasteiger charge is -2.03. The summed E-state index contributed by atoms with van der Waals surface area (Å²) < 4.78 is 4.81. The molecule has 1 N–H and O–H groups in total. The molecule has 2 aromatic rings. The van der Waals surface area contributed by atoms with E-state index in [1.54, 1.807) is 18.2 Å². The highest BCUT2D eigenvalue weighted by Crippen LogP contribution is 2.37. The maximum absolute atomic E-state index is 11.1. The molecule has 0 fully saturated rings. The first-order valence-electron chi connectivity index (χ1n) is 4.35. The van der Waals surface area contributed by atoms with Gasteiger partial charge in [0, 0.05) is 5.56 Å². The van der Waals surface area contributed by atoms with E-state index >= 15 is 0 Å². The zero-order valence-electron chi connectivity index (χ0n) is 8.08. The molecule has 2 rings (SSSR count). The van der Waals surface area contributed by atoms with Crippen LogP contribution in [-0.4, -0.2) is 16.2 Å². The molecule has 0 aliphatic heterocycles. The number of benzene rings is 1. The molecule has 0 aliphatic carbocycles. The molecule has 0 radical (unpaired) electrons. The Kier molecular flexibility index (Phi) is 3.42. The summed E-state index contributed by atoms with van der Waals surface area (Å²) >= 11 is 14.9. The van der Waals surface area contributed by atoms with E-state index in [0.29, 0.717) is 15.6 Å². The van der Waals surface area contributed by atoms with Crippen molar-refractivity contribution >= 4 is 45.1 Å². The van der Waals surface area contributed by atoms with Crippen LogP contribution < -0.4 is 0 Å². The van der Waals surface area contributed by atoms with Gasteiger partial charge in [0.15, 0.2) is 0 Å². The Hall–Kier alpha value is -1.04. The van der Waals surface area contributed by atoms with Gasteiger partial charge in [0.2, 0.25) is 4.67 Å². The second-order valence-corrected chi connectivity index (χ2v) is 4.62. The Balaban J connectivity index is 2.73. The van der Waals surface area contributed by atoms with E-state index in [-0.39, 0.29) is 15.9 Å². The summed E-state index contributed by atoms with van der Waals surface area (Å²) in [5.41, 5.74) is 0.322. The lowest BCUT2D eigenvalue weighted by Crippen LogP contribution is -1.98. The Morgan fingerprint density at radius 3 is 2.47 bits per heavy atom. The molecule has 0 bridgehead atoms. The lowest BCUT2D eigenvalue weighted by atomic mass is 10.1. The minimum absolute atomic E-state index is 0.0241. The molecule has 1 aromatic carbocycles. The fourth-order valence-electron chi connectivity index (χ4n) is 1.35. The molecule has 7 heteroatoms. The van der Waals surface area contributed by atoms with Crippen molar-refractivity contribution in [1.82, 2.24) is 5.16 Å². The molecule has 0 atom stereocenters. The summed E-state index contributed by atoms with van der Waals surface area (Å²) in [6.07, 6.45) is 0. The number of aromatic nitrogens is 1. The summed E-state index contributed by atoms with van der Waals surface area (Å²) in [6, 6.07) is 4.84. The van der Waals surface area contributed by atoms with Gasteiger partial charge in [-0.1, -0.05) is 34.4 Å². The van der Waals surface area contributed by atoms with Crippen molar-refractivity contribution in [3.05, 3.63) is 38.5 Å². The van der Waals surface area contributed by atoms with Gasteiger partial charge in [-0.05, 0) is 28.1 Å². The number of halogens is 3. The van der Waals surface area contributed by atoms with Crippen molar-refractivity contribution in [2.75, 3.05) is 0 Å². The largest absolute Gasteiger partial charge is 0.477 e. The highest BCUT2D eigenvalue weighted by atomic mass is 79.9. The van der Waals surface area contributed by atoms with E-state index in [4.69, 9.17) is 32.8 Å². The predicted molar refractivity (Wildman–Crippen MR) is 66.6 cm³/mol. The third-order valence-corrected chi connectivity index (χ3v) is 3.24. The van der Waals surface area contributed by atoms with E-state index < -0.39 is 5.97 Å². The molecule has 88 valence electrons. The van der Waals surface area contributed by atoms with Crippen molar-refractivity contribution < 1.29 is 14.4 Å². The Bertz CT molecular complexity index is 577. The minimum atomic E-state index is -1.18. The van der Waals surface area contributed by atoms with Crippen molar-refractivity contribution in [1.29, 1.82) is 0 Å². The van der Waals surface area contributed by atoms with Gasteiger partial charge in [-0.3, -0.25) is 0 Å². The average Bonchev–Trinajstić information content (AvgIpc) is 2.60. The van der Waals surface area contributed by atoms with Crippen molar-refractivity contribution in [3.8, 4) is 11.3 Å². The smallest absolute Gasteiger partial charge is 0.342 e. The Morgan fingerprint density at radius 2 is 1.94 bits per heavy atom. The number of carboxylic acid groups (broad SMARTS) is 1. The van der Waals surface area contributed by atoms with E-state index in [1.165, 1.54) is 0 Å². The van der Waals surface area contributed by atoms with E-state index in [0.717, 1.165) is 0 Å². The van der Waals surface area contributed by atoms with E-state index in [2.05, 4.69) is 21.1 Å². The molecule has 0 spiro atoms. The lowest BCUT2D eigenvalue weighted by molar-refractivity contribution is 0.0695. The molecular formula is C10H4BrCl2NO3. The van der Waals surface area contributed by atoms with Gasteiger partial charge in [-0.15, -0.1) is 0 Å². The summed E-state index contributed by atoms with van der Waals surface area (Å²) in [5.74, 6) is -1.18. The van der Waals surface area contributed by atoms with Crippen LogP contribution in [0.3, 0.4) is 0 Å². The highest BCUT2D eigenvalue weighted by Gasteiger charge is 2.25. The fourth-order valence-corrected chi connectivity index (χ4v) is 2.36. The summed E-state index contributed by atoms with van der Waals surface area (Å²) in [6.45, 7) is 0. The second-order valence-electron chi connectivity index (χ2n) is 3.08. The summed E-state index contributed by atoms with van der Waals surface area (Å²) in [4.78, 5) is 11.1. The third-order valence-electron chi connectivity index (χ3n) is 2.06. The Labute approximate surface area is 114 Å². The topological polar surface area (TPSA) is 63.3 Å². The number of hydrogen-bond donors (Lipinski definition) is 1. The molecule has 1 heterocycles. The monoisotopic (exact) mass is 335 g/mol. The predicted octanol–water partition coefficient (Wildman–Crippen LogP) is 4.11.